The van der Waals surface area contributed by atoms with Crippen molar-refractivity contribution in [2.24, 2.45) is 0 Å². The summed E-state index contributed by atoms with van der Waals surface area (Å²) in [6.45, 7) is -0.199. The summed E-state index contributed by atoms with van der Waals surface area (Å²) in [4.78, 5) is 10.3. The molecular formula is C15H13BrN2O6S. The molecule has 0 spiro atoms. The predicted molar refractivity (Wildman–Crippen MR) is 92.2 cm³/mol. The van der Waals surface area contributed by atoms with Gasteiger partial charge in [-0.1, -0.05) is 34.1 Å². The van der Waals surface area contributed by atoms with Gasteiger partial charge in [-0.15, -0.1) is 0 Å². The van der Waals surface area contributed by atoms with Gasteiger partial charge in [0.05, 0.1) is 11.0 Å². The molecule has 0 bridgehead atoms. The quantitative estimate of drug-likeness (QED) is 0.591. The van der Waals surface area contributed by atoms with E-state index in [2.05, 4.69) is 15.9 Å². The van der Waals surface area contributed by atoms with Crippen molar-refractivity contribution in [3.05, 3.63) is 68.2 Å². The smallest absolute Gasteiger partial charge is 0.385 e. The number of fused-ring (bicyclic) bond motifs is 1. The Labute approximate surface area is 152 Å². The average molecular weight is 429 g/mol. The first kappa shape index (κ1) is 17.8. The van der Waals surface area contributed by atoms with Crippen molar-refractivity contribution in [1.29, 1.82) is 0 Å². The minimum Gasteiger partial charge on any atom is -0.387 e. The summed E-state index contributed by atoms with van der Waals surface area (Å²) in [7, 11) is -4.32. The molecule has 1 N–H and O–H groups in total. The van der Waals surface area contributed by atoms with E-state index in [9.17, 15) is 23.6 Å². The van der Waals surface area contributed by atoms with E-state index < -0.39 is 27.0 Å². The second-order valence-electron chi connectivity index (χ2n) is 5.42. The second kappa shape index (κ2) is 6.71. The molecule has 132 valence electrons. The number of benzene rings is 2. The van der Waals surface area contributed by atoms with Gasteiger partial charge >= 0.3 is 16.0 Å². The number of para-hydroxylation sites is 2. The molecule has 0 aliphatic carbocycles. The molecule has 1 atom stereocenters. The summed E-state index contributed by atoms with van der Waals surface area (Å²) in [5, 5.41) is 21.2. The number of β-amino-alcohol motifs (C(OH)–C–C–N with tert-alkyl or cyclic N) is 1. The number of nitro groups is 1. The highest BCUT2D eigenvalue weighted by atomic mass is 79.9. The highest BCUT2D eigenvalue weighted by Crippen LogP contribution is 2.33. The molecule has 3 rings (SSSR count). The Kier molecular flexibility index (Phi) is 4.78. The third-order valence-corrected chi connectivity index (χ3v) is 5.56. The van der Waals surface area contributed by atoms with Crippen LogP contribution in [0.15, 0.2) is 46.9 Å². The number of hydrogen-bond donors (Lipinski definition) is 1. The minimum atomic E-state index is -4.32. The molecule has 0 aromatic heterocycles. The van der Waals surface area contributed by atoms with E-state index in [-0.39, 0.29) is 18.8 Å². The van der Waals surface area contributed by atoms with E-state index in [1.165, 1.54) is 18.2 Å². The Balaban J connectivity index is 1.89. The van der Waals surface area contributed by atoms with Crippen molar-refractivity contribution in [1.82, 2.24) is 4.31 Å². The van der Waals surface area contributed by atoms with E-state index in [1.54, 1.807) is 18.2 Å². The van der Waals surface area contributed by atoms with E-state index in [1.807, 2.05) is 0 Å². The SMILES string of the molecule is O=[N+]([O-])c1ccccc1OS(=O)(=O)N1Cc2ccc(Br)cc2C(O)C1. The van der Waals surface area contributed by atoms with Crippen LogP contribution in [0.5, 0.6) is 5.75 Å². The van der Waals surface area contributed by atoms with Gasteiger partial charge in [0.2, 0.25) is 5.75 Å². The van der Waals surface area contributed by atoms with Gasteiger partial charge in [0, 0.05) is 23.6 Å². The number of aliphatic hydroxyl groups excluding tert-OH is 1. The number of rotatable bonds is 4. The maximum Gasteiger partial charge on any atom is 0.385 e. The van der Waals surface area contributed by atoms with Gasteiger partial charge in [-0.25, -0.2) is 0 Å². The van der Waals surface area contributed by atoms with Crippen LogP contribution >= 0.6 is 15.9 Å². The molecule has 1 heterocycles. The maximum atomic E-state index is 12.5. The average Bonchev–Trinajstić information content (AvgIpc) is 2.55. The van der Waals surface area contributed by atoms with E-state index in [0.29, 0.717) is 11.1 Å². The second-order valence-corrected chi connectivity index (χ2v) is 7.87. The summed E-state index contributed by atoms with van der Waals surface area (Å²) >= 11 is 3.31. The van der Waals surface area contributed by atoms with Crippen LogP contribution in [0.4, 0.5) is 5.69 Å². The normalized spacial score (nSPS) is 17.8. The van der Waals surface area contributed by atoms with Gasteiger partial charge in [0.15, 0.2) is 0 Å². The summed E-state index contributed by atoms with van der Waals surface area (Å²) in [6.07, 6.45) is -1.02. The van der Waals surface area contributed by atoms with Gasteiger partial charge in [-0.3, -0.25) is 10.1 Å². The Bertz CT molecular complexity index is 933. The van der Waals surface area contributed by atoms with Crippen LogP contribution < -0.4 is 4.18 Å². The molecule has 1 unspecified atom stereocenters. The fourth-order valence-corrected chi connectivity index (χ4v) is 4.05. The zero-order valence-electron chi connectivity index (χ0n) is 12.7. The van der Waals surface area contributed by atoms with Crippen LogP contribution in [0.2, 0.25) is 0 Å². The lowest BCUT2D eigenvalue weighted by molar-refractivity contribution is -0.385. The van der Waals surface area contributed by atoms with Crippen molar-refractivity contribution in [2.75, 3.05) is 6.54 Å². The molecule has 0 fully saturated rings. The maximum absolute atomic E-state index is 12.5. The molecule has 0 saturated heterocycles. The van der Waals surface area contributed by atoms with Crippen LogP contribution in [0.25, 0.3) is 0 Å². The molecule has 25 heavy (non-hydrogen) atoms. The Hall–Kier alpha value is -2.01. The first-order valence-corrected chi connectivity index (χ1v) is 9.33. The van der Waals surface area contributed by atoms with Gasteiger partial charge in [-0.2, -0.15) is 12.7 Å². The number of halogens is 1. The summed E-state index contributed by atoms with van der Waals surface area (Å²) in [6, 6.07) is 10.4. The van der Waals surface area contributed by atoms with Gasteiger partial charge in [0.25, 0.3) is 0 Å². The lowest BCUT2D eigenvalue weighted by Gasteiger charge is -2.30. The van der Waals surface area contributed by atoms with Crippen molar-refractivity contribution < 1.29 is 22.6 Å². The lowest BCUT2D eigenvalue weighted by atomic mass is 9.99. The highest BCUT2D eigenvalue weighted by molar-refractivity contribution is 9.10. The molecule has 2 aromatic rings. The zero-order chi connectivity index (χ0) is 18.2. The van der Waals surface area contributed by atoms with Gasteiger partial charge < -0.3 is 9.29 Å². The van der Waals surface area contributed by atoms with Crippen molar-refractivity contribution in [3.63, 3.8) is 0 Å². The Morgan fingerprint density at radius 3 is 2.72 bits per heavy atom. The van der Waals surface area contributed by atoms with Crippen molar-refractivity contribution >= 4 is 31.9 Å². The molecule has 10 heteroatoms. The van der Waals surface area contributed by atoms with Crippen LogP contribution in [0, 0.1) is 10.1 Å². The van der Waals surface area contributed by atoms with Gasteiger partial charge in [0.1, 0.15) is 0 Å². The van der Waals surface area contributed by atoms with Gasteiger partial charge in [-0.05, 0) is 29.3 Å². The fraction of sp³-hybridized carbons (Fsp3) is 0.200. The van der Waals surface area contributed by atoms with Crippen LogP contribution in [-0.2, 0) is 16.8 Å². The van der Waals surface area contributed by atoms with E-state index >= 15 is 0 Å². The summed E-state index contributed by atoms with van der Waals surface area (Å²) in [5.74, 6) is -0.372. The fourth-order valence-electron chi connectivity index (χ4n) is 2.58. The number of hydrogen-bond acceptors (Lipinski definition) is 6. The third-order valence-electron chi connectivity index (χ3n) is 3.76. The van der Waals surface area contributed by atoms with Crippen molar-refractivity contribution in [3.8, 4) is 5.75 Å². The monoisotopic (exact) mass is 428 g/mol. The summed E-state index contributed by atoms with van der Waals surface area (Å²) in [5.41, 5.74) is 0.816. The Morgan fingerprint density at radius 1 is 1.28 bits per heavy atom. The van der Waals surface area contributed by atoms with Crippen LogP contribution in [0.1, 0.15) is 17.2 Å². The molecule has 0 amide bonds. The molecule has 0 saturated carbocycles. The molecule has 1 aliphatic rings. The molecule has 1 aliphatic heterocycles. The highest BCUT2D eigenvalue weighted by Gasteiger charge is 2.34. The Morgan fingerprint density at radius 2 is 2.00 bits per heavy atom. The molecule has 8 nitrogen and oxygen atoms in total. The standard InChI is InChI=1S/C15H13BrN2O6S/c16-11-6-5-10-8-17(9-14(19)12(10)7-11)25(22,23)24-15-4-2-1-3-13(15)18(20)21/h1-7,14,19H,8-9H2. The first-order chi connectivity index (χ1) is 11.8. The van der Waals surface area contributed by atoms with E-state index in [0.717, 1.165) is 14.8 Å². The molecule has 0 radical (unpaired) electrons. The number of nitro benzene ring substituents is 1. The molecule has 2 aromatic carbocycles. The predicted octanol–water partition coefficient (Wildman–Crippen LogP) is 2.53. The summed E-state index contributed by atoms with van der Waals surface area (Å²) < 4.78 is 31.7. The zero-order valence-corrected chi connectivity index (χ0v) is 15.1. The topological polar surface area (TPSA) is 110 Å². The van der Waals surface area contributed by atoms with E-state index in [4.69, 9.17) is 4.18 Å². The van der Waals surface area contributed by atoms with Crippen LogP contribution in [0.3, 0.4) is 0 Å². The number of nitrogens with zero attached hydrogens (tertiary/aromatic N) is 2. The first-order valence-electron chi connectivity index (χ1n) is 7.17. The van der Waals surface area contributed by atoms with Crippen molar-refractivity contribution in [2.45, 2.75) is 12.6 Å². The largest absolute Gasteiger partial charge is 0.387 e. The lowest BCUT2D eigenvalue weighted by Crippen LogP contribution is -2.40. The third kappa shape index (κ3) is 3.66. The molecular weight excluding hydrogens is 416 g/mol. The van der Waals surface area contributed by atoms with Crippen LogP contribution in [-0.4, -0.2) is 29.3 Å². The number of aliphatic hydroxyl groups is 1. The minimum absolute atomic E-state index is 0.00262.